The molecule has 3 rings (SSSR count). The van der Waals surface area contributed by atoms with Crippen molar-refractivity contribution in [3.8, 4) is 0 Å². The van der Waals surface area contributed by atoms with Crippen molar-refractivity contribution in [1.29, 1.82) is 0 Å². The first-order chi connectivity index (χ1) is 14.5. The van der Waals surface area contributed by atoms with Crippen molar-refractivity contribution in [1.82, 2.24) is 14.5 Å². The van der Waals surface area contributed by atoms with E-state index in [1.807, 2.05) is 20.8 Å². The zero-order valence-electron chi connectivity index (χ0n) is 19.0. The molecule has 1 atom stereocenters. The average molecular weight is 462 g/mol. The van der Waals surface area contributed by atoms with Gasteiger partial charge in [-0.25, -0.2) is 27.1 Å². The van der Waals surface area contributed by atoms with Crippen LogP contribution < -0.4 is 5.76 Å². The van der Waals surface area contributed by atoms with Gasteiger partial charge < -0.3 is 4.42 Å². The van der Waals surface area contributed by atoms with E-state index in [1.165, 1.54) is 4.31 Å². The first-order valence-corrected chi connectivity index (χ1v) is 12.3. The van der Waals surface area contributed by atoms with E-state index in [-0.39, 0.29) is 18.2 Å². The van der Waals surface area contributed by atoms with Crippen molar-refractivity contribution in [3.05, 3.63) is 51.8 Å². The number of nitrogens with one attached hydrogen (secondary N) is 1. The second kappa shape index (κ2) is 12.1. The first kappa shape index (κ1) is 27.0. The maximum absolute atomic E-state index is 13.5. The molecule has 1 heterocycles. The Morgan fingerprint density at radius 3 is 2.35 bits per heavy atom. The van der Waals surface area contributed by atoms with Crippen LogP contribution in [0, 0.1) is 17.6 Å². The van der Waals surface area contributed by atoms with Crippen molar-refractivity contribution < 1.29 is 21.6 Å². The Bertz CT molecular complexity index is 969. The van der Waals surface area contributed by atoms with Crippen molar-refractivity contribution in [2.45, 2.75) is 72.4 Å². The third-order valence-electron chi connectivity index (χ3n) is 5.02. The summed E-state index contributed by atoms with van der Waals surface area (Å²) in [5, 5.41) is 6.03. The minimum atomic E-state index is -3.46. The molecule has 1 fully saturated rings. The number of hydrogen-bond donors (Lipinski definition) is 1. The van der Waals surface area contributed by atoms with Crippen molar-refractivity contribution in [2.24, 2.45) is 5.92 Å². The summed E-state index contributed by atoms with van der Waals surface area (Å²) in [7, 11) is -3.46. The molecule has 31 heavy (non-hydrogen) atoms. The van der Waals surface area contributed by atoms with Gasteiger partial charge in [-0.1, -0.05) is 27.7 Å². The van der Waals surface area contributed by atoms with Crippen LogP contribution in [0.4, 0.5) is 8.78 Å². The second-order valence-corrected chi connectivity index (χ2v) is 9.46. The predicted molar refractivity (Wildman–Crippen MR) is 116 cm³/mol. The molecule has 1 aliphatic carbocycles. The van der Waals surface area contributed by atoms with Crippen LogP contribution in [0.25, 0.3) is 0 Å². The predicted octanol–water partition coefficient (Wildman–Crippen LogP) is 4.43. The average Bonchev–Trinajstić information content (AvgIpc) is 3.12. The number of sulfonamides is 1. The third-order valence-corrected chi connectivity index (χ3v) is 6.36. The maximum atomic E-state index is 13.5. The van der Waals surface area contributed by atoms with E-state index in [0.29, 0.717) is 18.2 Å². The van der Waals surface area contributed by atoms with Crippen LogP contribution in [0.5, 0.6) is 0 Å². The smallest absolute Gasteiger partial charge is 0.392 e. The minimum Gasteiger partial charge on any atom is -0.392 e. The fraction of sp³-hybridized carbons (Fsp3) is 0.619. The molecule has 1 aromatic heterocycles. The number of aromatic nitrogens is 2. The van der Waals surface area contributed by atoms with Gasteiger partial charge in [0.05, 0.1) is 6.26 Å². The lowest BCUT2D eigenvalue weighted by Gasteiger charge is -2.29. The van der Waals surface area contributed by atoms with Gasteiger partial charge in [0.1, 0.15) is 11.6 Å². The molecule has 0 amide bonds. The zero-order valence-corrected chi connectivity index (χ0v) is 19.8. The molecule has 0 unspecified atom stereocenters. The molecule has 0 saturated heterocycles. The Morgan fingerprint density at radius 1 is 1.29 bits per heavy atom. The maximum Gasteiger partial charge on any atom is 0.434 e. The molecule has 10 heteroatoms. The quantitative estimate of drug-likeness (QED) is 0.687. The van der Waals surface area contributed by atoms with Crippen molar-refractivity contribution in [2.75, 3.05) is 6.26 Å². The van der Waals surface area contributed by atoms with Crippen LogP contribution >= 0.6 is 0 Å². The fourth-order valence-electron chi connectivity index (χ4n) is 3.16. The molecule has 1 aliphatic rings. The Hall–Kier alpha value is -2.07. The Labute approximate surface area is 182 Å². The summed E-state index contributed by atoms with van der Waals surface area (Å²) >= 11 is 0. The molecule has 1 saturated carbocycles. The highest BCUT2D eigenvalue weighted by molar-refractivity contribution is 7.88. The summed E-state index contributed by atoms with van der Waals surface area (Å²) in [6.07, 6.45) is 3.85. The SMILES string of the molecule is CC.CC1CC(c2n[nH]c(=O)o2)C1.CC[C@H](C)N(Cc1cc(F)ccc1F)S(C)(=O)=O. The van der Waals surface area contributed by atoms with Gasteiger partial charge in [0, 0.05) is 24.1 Å². The molecule has 7 nitrogen and oxygen atoms in total. The van der Waals surface area contributed by atoms with E-state index in [0.717, 1.165) is 43.2 Å². The topological polar surface area (TPSA) is 96.3 Å². The molecule has 2 aromatic rings. The molecule has 176 valence electrons. The highest BCUT2D eigenvalue weighted by atomic mass is 32.2. The summed E-state index contributed by atoms with van der Waals surface area (Å²) in [5.41, 5.74) is 0.0423. The lowest BCUT2D eigenvalue weighted by Crippen LogP contribution is -2.37. The van der Waals surface area contributed by atoms with Gasteiger partial charge in [-0.3, -0.25) is 0 Å². The standard InChI is InChI=1S/C12H17F2NO2S.C7H10N2O2.C2H6/c1-4-9(2)15(18(3,16)17)8-10-7-11(13)5-6-12(10)14;1-4-2-5(3-4)6-8-9-7(10)11-6;1-2/h5-7,9H,4,8H2,1-3H3;4-5H,2-3H2,1H3,(H,9,10);1-2H3/t9-;;/m0../s1. The van der Waals surface area contributed by atoms with E-state index in [9.17, 15) is 22.0 Å². The van der Waals surface area contributed by atoms with Crippen LogP contribution in [0.2, 0.25) is 0 Å². The molecular formula is C21H33F2N3O4S. The lowest BCUT2D eigenvalue weighted by molar-refractivity contribution is 0.242. The van der Waals surface area contributed by atoms with Crippen LogP contribution in [-0.4, -0.2) is 35.2 Å². The lowest BCUT2D eigenvalue weighted by atomic mass is 9.76. The highest BCUT2D eigenvalue weighted by Crippen LogP contribution is 2.39. The second-order valence-electron chi connectivity index (χ2n) is 7.53. The Kier molecular flexibility index (Phi) is 10.5. The van der Waals surface area contributed by atoms with Crippen LogP contribution in [0.15, 0.2) is 27.4 Å². The third kappa shape index (κ3) is 8.17. The van der Waals surface area contributed by atoms with Gasteiger partial charge in [-0.05, 0) is 50.3 Å². The van der Waals surface area contributed by atoms with E-state index in [4.69, 9.17) is 4.42 Å². The van der Waals surface area contributed by atoms with E-state index in [2.05, 4.69) is 17.1 Å². The van der Waals surface area contributed by atoms with Crippen LogP contribution in [0.1, 0.15) is 71.3 Å². The largest absolute Gasteiger partial charge is 0.434 e. The number of benzene rings is 1. The van der Waals surface area contributed by atoms with Gasteiger partial charge in [0.25, 0.3) is 0 Å². The Balaban J connectivity index is 0.000000313. The number of halogens is 2. The molecule has 0 spiro atoms. The minimum absolute atomic E-state index is 0.0423. The highest BCUT2D eigenvalue weighted by Gasteiger charge is 2.30. The van der Waals surface area contributed by atoms with Gasteiger partial charge in [-0.2, -0.15) is 4.31 Å². The number of H-pyrrole nitrogens is 1. The Morgan fingerprint density at radius 2 is 1.90 bits per heavy atom. The normalized spacial score (nSPS) is 18.9. The molecular weight excluding hydrogens is 428 g/mol. The fourth-order valence-corrected chi connectivity index (χ4v) is 4.33. The molecule has 0 radical (unpaired) electrons. The molecule has 1 N–H and O–H groups in total. The molecule has 0 bridgehead atoms. The molecule has 1 aromatic carbocycles. The summed E-state index contributed by atoms with van der Waals surface area (Å²) in [6.45, 7) is 9.60. The number of aromatic amines is 1. The van der Waals surface area contributed by atoms with E-state index < -0.39 is 27.4 Å². The van der Waals surface area contributed by atoms with Gasteiger partial charge in [0.2, 0.25) is 15.9 Å². The van der Waals surface area contributed by atoms with Crippen LogP contribution in [0.3, 0.4) is 0 Å². The number of hydrogen-bond acceptors (Lipinski definition) is 5. The molecule has 0 aliphatic heterocycles. The summed E-state index contributed by atoms with van der Waals surface area (Å²) in [4.78, 5) is 10.5. The summed E-state index contributed by atoms with van der Waals surface area (Å²) in [6, 6.07) is 2.77. The van der Waals surface area contributed by atoms with E-state index in [1.54, 1.807) is 6.92 Å². The monoisotopic (exact) mass is 461 g/mol. The van der Waals surface area contributed by atoms with Crippen LogP contribution in [-0.2, 0) is 16.6 Å². The van der Waals surface area contributed by atoms with Gasteiger partial charge in [-0.15, -0.1) is 5.10 Å². The summed E-state index contributed by atoms with van der Waals surface area (Å²) < 4.78 is 55.8. The van der Waals surface area contributed by atoms with Crippen molar-refractivity contribution in [3.63, 3.8) is 0 Å². The number of rotatable bonds is 6. The van der Waals surface area contributed by atoms with Crippen molar-refractivity contribution >= 4 is 10.0 Å². The first-order valence-electron chi connectivity index (χ1n) is 10.5. The number of nitrogens with zero attached hydrogens (tertiary/aromatic N) is 2. The summed E-state index contributed by atoms with van der Waals surface area (Å²) in [5.74, 6) is 0.0796. The van der Waals surface area contributed by atoms with E-state index >= 15 is 0 Å². The van der Waals surface area contributed by atoms with Gasteiger partial charge in [0.15, 0.2) is 0 Å². The van der Waals surface area contributed by atoms with Gasteiger partial charge >= 0.3 is 5.76 Å². The zero-order chi connectivity index (χ0) is 23.8.